The van der Waals surface area contributed by atoms with Gasteiger partial charge in [0, 0.05) is 36.1 Å². The molecular weight excluding hydrogens is 564 g/mol. The predicted molar refractivity (Wildman–Crippen MR) is 164 cm³/mol. The van der Waals surface area contributed by atoms with Crippen LogP contribution in [0.25, 0.3) is 10.9 Å². The number of amides is 4. The lowest BCUT2D eigenvalue weighted by Crippen LogP contribution is -2.56. The number of hydrogen-bond acceptors (Lipinski definition) is 7. The van der Waals surface area contributed by atoms with Crippen molar-refractivity contribution in [3.05, 3.63) is 102 Å². The van der Waals surface area contributed by atoms with Gasteiger partial charge in [-0.15, -0.1) is 0 Å². The molecule has 4 amide bonds. The number of hydrogen-bond donors (Lipinski definition) is 6. The first-order valence-electron chi connectivity index (χ1n) is 13.9. The average molecular weight is 601 g/mol. The van der Waals surface area contributed by atoms with E-state index in [1.165, 1.54) is 37.3 Å². The molecule has 4 atom stereocenters. The van der Waals surface area contributed by atoms with E-state index in [2.05, 4.69) is 22.2 Å². The number of phenols is 1. The van der Waals surface area contributed by atoms with Gasteiger partial charge in [0.15, 0.2) is 0 Å². The standard InChI is InChI=1S/C32H36N6O6/c1-18(29(34)40)28(27-9-6-14-44-27)37-31(42)26(16-21-17-35-25-8-5-4-7-23(21)25)36-30(41)19(2)38(3)32(43)24(33)15-20-10-12-22(39)13-11-20/h4-14,17,19,24,26,28,35,39H,1,15-16,33H2,2-3H3,(H2,34,40)(H,36,41)(H,37,42)/t19-,24+,26+,28-/m1/s1. The molecule has 0 fully saturated rings. The van der Waals surface area contributed by atoms with Gasteiger partial charge in [0.2, 0.25) is 23.6 Å². The van der Waals surface area contributed by atoms with Crippen LogP contribution in [0.1, 0.15) is 29.9 Å². The van der Waals surface area contributed by atoms with Crippen molar-refractivity contribution in [1.29, 1.82) is 0 Å². The molecule has 12 nitrogen and oxygen atoms in total. The number of carbonyl (C=O) groups excluding carboxylic acids is 4. The topological polar surface area (TPSA) is 197 Å². The van der Waals surface area contributed by atoms with Crippen LogP contribution in [0.5, 0.6) is 5.75 Å². The highest BCUT2D eigenvalue weighted by Gasteiger charge is 2.32. The number of benzene rings is 2. The van der Waals surface area contributed by atoms with Crippen molar-refractivity contribution >= 4 is 34.5 Å². The quantitative estimate of drug-likeness (QED) is 0.126. The van der Waals surface area contributed by atoms with Crippen LogP contribution in [0, 0.1) is 0 Å². The number of phenolic OH excluding ortho intramolecular Hbond substituents is 1. The number of aromatic nitrogens is 1. The lowest BCUT2D eigenvalue weighted by molar-refractivity contribution is -0.140. The molecular formula is C32H36N6O6. The van der Waals surface area contributed by atoms with Crippen LogP contribution in [0.4, 0.5) is 0 Å². The van der Waals surface area contributed by atoms with Crippen molar-refractivity contribution in [2.75, 3.05) is 7.05 Å². The Morgan fingerprint density at radius 2 is 1.70 bits per heavy atom. The van der Waals surface area contributed by atoms with Crippen molar-refractivity contribution < 1.29 is 28.7 Å². The zero-order valence-corrected chi connectivity index (χ0v) is 24.4. The molecule has 0 bridgehead atoms. The molecule has 44 heavy (non-hydrogen) atoms. The lowest BCUT2D eigenvalue weighted by atomic mass is 10.0. The third-order valence-corrected chi connectivity index (χ3v) is 7.53. The van der Waals surface area contributed by atoms with Gasteiger partial charge in [-0.2, -0.15) is 0 Å². The Labute approximate surface area is 254 Å². The first-order valence-corrected chi connectivity index (χ1v) is 13.9. The fraction of sp³-hybridized carbons (Fsp3) is 0.250. The Hall–Kier alpha value is -5.36. The zero-order chi connectivity index (χ0) is 32.0. The number of fused-ring (bicyclic) bond motifs is 1. The summed E-state index contributed by atoms with van der Waals surface area (Å²) in [6, 6.07) is 12.9. The largest absolute Gasteiger partial charge is 0.508 e. The van der Waals surface area contributed by atoms with Crippen molar-refractivity contribution in [3.63, 3.8) is 0 Å². The smallest absolute Gasteiger partial charge is 0.246 e. The molecule has 0 aliphatic carbocycles. The maximum absolute atomic E-state index is 13.7. The van der Waals surface area contributed by atoms with Gasteiger partial charge in [-0.1, -0.05) is 36.9 Å². The van der Waals surface area contributed by atoms with E-state index in [-0.39, 0.29) is 29.9 Å². The minimum atomic E-state index is -1.13. The van der Waals surface area contributed by atoms with Crippen LogP contribution in [-0.4, -0.2) is 63.8 Å². The maximum atomic E-state index is 13.7. The van der Waals surface area contributed by atoms with Crippen LogP contribution in [0.3, 0.4) is 0 Å². The molecule has 4 aromatic rings. The van der Waals surface area contributed by atoms with Crippen molar-refractivity contribution in [3.8, 4) is 5.75 Å². The van der Waals surface area contributed by atoms with E-state index in [9.17, 15) is 24.3 Å². The summed E-state index contributed by atoms with van der Waals surface area (Å²) in [5.74, 6) is -2.20. The van der Waals surface area contributed by atoms with E-state index in [1.807, 2.05) is 24.3 Å². The van der Waals surface area contributed by atoms with Gasteiger partial charge in [0.25, 0.3) is 0 Å². The summed E-state index contributed by atoms with van der Waals surface area (Å²) < 4.78 is 5.41. The average Bonchev–Trinajstić information content (AvgIpc) is 3.69. The fourth-order valence-corrected chi connectivity index (χ4v) is 4.79. The number of aromatic amines is 1. The molecule has 0 aliphatic rings. The normalized spacial score (nSPS) is 13.8. The molecule has 2 heterocycles. The van der Waals surface area contributed by atoms with E-state index in [0.717, 1.165) is 22.0 Å². The van der Waals surface area contributed by atoms with Gasteiger partial charge < -0.3 is 41.5 Å². The summed E-state index contributed by atoms with van der Waals surface area (Å²) in [5, 5.41) is 15.9. The minimum absolute atomic E-state index is 0.0836. The van der Waals surface area contributed by atoms with Gasteiger partial charge in [0.1, 0.15) is 29.6 Å². The Bertz CT molecular complexity index is 1650. The molecule has 230 valence electrons. The number of nitrogens with one attached hydrogen (secondary N) is 3. The van der Waals surface area contributed by atoms with Gasteiger partial charge in [-0.3, -0.25) is 19.2 Å². The third kappa shape index (κ3) is 7.34. The van der Waals surface area contributed by atoms with E-state index in [1.54, 1.807) is 30.5 Å². The Balaban J connectivity index is 1.53. The van der Waals surface area contributed by atoms with Crippen LogP contribution < -0.4 is 22.1 Å². The van der Waals surface area contributed by atoms with Crippen LogP contribution in [-0.2, 0) is 32.0 Å². The summed E-state index contributed by atoms with van der Waals surface area (Å²) in [5.41, 5.74) is 13.9. The SMILES string of the molecule is C=C(C(N)=O)[C@@H](NC(=O)[C@H](Cc1c[nH]c2ccccc12)NC(=O)[C@@H](C)N(C)C(=O)[C@@H](N)Cc1ccc(O)cc1)c1ccco1. The monoisotopic (exact) mass is 600 g/mol. The number of rotatable bonds is 13. The van der Waals surface area contributed by atoms with Gasteiger partial charge in [0.05, 0.1) is 12.3 Å². The molecule has 2 aromatic heterocycles. The molecule has 8 N–H and O–H groups in total. The number of carbonyl (C=O) groups is 4. The van der Waals surface area contributed by atoms with Crippen molar-refractivity contribution in [2.45, 2.75) is 43.9 Å². The molecule has 2 aromatic carbocycles. The summed E-state index contributed by atoms with van der Waals surface area (Å²) in [6.07, 6.45) is 3.42. The van der Waals surface area contributed by atoms with Gasteiger partial charge in [-0.25, -0.2) is 0 Å². The van der Waals surface area contributed by atoms with Gasteiger partial charge >= 0.3 is 0 Å². The fourth-order valence-electron chi connectivity index (χ4n) is 4.79. The Morgan fingerprint density at radius 3 is 2.36 bits per heavy atom. The second-order valence-corrected chi connectivity index (χ2v) is 10.6. The number of nitrogens with two attached hydrogens (primary N) is 2. The van der Waals surface area contributed by atoms with Crippen LogP contribution in [0.15, 0.2) is 89.7 Å². The number of H-pyrrole nitrogens is 1. The van der Waals surface area contributed by atoms with E-state index >= 15 is 0 Å². The Morgan fingerprint density at radius 1 is 1.00 bits per heavy atom. The number of aromatic hydroxyl groups is 1. The first kappa shape index (κ1) is 31.6. The lowest BCUT2D eigenvalue weighted by Gasteiger charge is -2.29. The molecule has 0 radical (unpaired) electrons. The predicted octanol–water partition coefficient (Wildman–Crippen LogP) is 1.81. The molecule has 0 spiro atoms. The summed E-state index contributed by atoms with van der Waals surface area (Å²) in [4.78, 5) is 56.7. The third-order valence-electron chi connectivity index (χ3n) is 7.53. The maximum Gasteiger partial charge on any atom is 0.246 e. The second-order valence-electron chi connectivity index (χ2n) is 10.6. The number of furan rings is 1. The highest BCUT2D eigenvalue weighted by Crippen LogP contribution is 2.23. The minimum Gasteiger partial charge on any atom is -0.508 e. The van der Waals surface area contributed by atoms with E-state index in [0.29, 0.717) is 0 Å². The highest BCUT2D eigenvalue weighted by atomic mass is 16.3. The molecule has 4 rings (SSSR count). The van der Waals surface area contributed by atoms with Crippen molar-refractivity contribution in [2.24, 2.45) is 11.5 Å². The molecule has 0 aliphatic heterocycles. The first-order chi connectivity index (χ1) is 21.0. The molecule has 0 saturated carbocycles. The van der Waals surface area contributed by atoms with Gasteiger partial charge in [-0.05, 0) is 54.8 Å². The number of nitrogens with zero attached hydrogens (tertiary/aromatic N) is 1. The molecule has 0 saturated heterocycles. The van der Waals surface area contributed by atoms with E-state index < -0.39 is 47.8 Å². The Kier molecular flexibility index (Phi) is 9.86. The summed E-state index contributed by atoms with van der Waals surface area (Å²) >= 11 is 0. The number of primary amides is 1. The number of para-hydroxylation sites is 1. The highest BCUT2D eigenvalue weighted by molar-refractivity contribution is 5.96. The van der Waals surface area contributed by atoms with Crippen molar-refractivity contribution in [1.82, 2.24) is 20.5 Å². The zero-order valence-electron chi connectivity index (χ0n) is 24.4. The number of likely N-dealkylation sites (N-methyl/N-ethyl adjacent to an activating group) is 1. The van der Waals surface area contributed by atoms with Crippen LogP contribution >= 0.6 is 0 Å². The second kappa shape index (κ2) is 13.7. The molecule has 0 unspecified atom stereocenters. The van der Waals surface area contributed by atoms with Crippen LogP contribution in [0.2, 0.25) is 0 Å². The van der Waals surface area contributed by atoms with E-state index in [4.69, 9.17) is 15.9 Å². The summed E-state index contributed by atoms with van der Waals surface area (Å²) in [6.45, 7) is 5.24. The summed E-state index contributed by atoms with van der Waals surface area (Å²) in [7, 11) is 1.46. The molecule has 12 heteroatoms.